The summed E-state index contributed by atoms with van der Waals surface area (Å²) in [5.74, 6) is 0. The first-order chi connectivity index (χ1) is 9.46. The molecule has 0 bridgehead atoms. The first-order valence-electron chi connectivity index (χ1n) is 7.83. The third-order valence-electron chi connectivity index (χ3n) is 5.15. The van der Waals surface area contributed by atoms with Gasteiger partial charge in [-0.2, -0.15) is 5.10 Å². The van der Waals surface area contributed by atoms with Crippen LogP contribution in [0.3, 0.4) is 0 Å². The van der Waals surface area contributed by atoms with E-state index in [0.717, 1.165) is 18.8 Å². The summed E-state index contributed by atoms with van der Waals surface area (Å²) in [7, 11) is 6.48. The zero-order valence-electron chi connectivity index (χ0n) is 13.8. The van der Waals surface area contributed by atoms with Crippen molar-refractivity contribution in [1.29, 1.82) is 0 Å². The Morgan fingerprint density at radius 2 is 1.85 bits per heavy atom. The molecule has 1 heterocycles. The Kier molecular flexibility index (Phi) is 4.86. The topological polar surface area (TPSA) is 33.1 Å². The molecule has 20 heavy (non-hydrogen) atoms. The van der Waals surface area contributed by atoms with Gasteiger partial charge in [0.25, 0.3) is 0 Å². The molecule has 1 saturated carbocycles. The maximum absolute atomic E-state index is 4.49. The number of likely N-dealkylation sites (N-methyl/N-ethyl adjacent to an activating group) is 1. The fraction of sp³-hybridized carbons (Fsp3) is 0.812. The van der Waals surface area contributed by atoms with Crippen molar-refractivity contribution in [2.75, 3.05) is 20.6 Å². The van der Waals surface area contributed by atoms with Crippen molar-refractivity contribution in [3.63, 3.8) is 0 Å². The molecule has 4 heteroatoms. The molecule has 1 aromatic heterocycles. The van der Waals surface area contributed by atoms with Gasteiger partial charge in [0, 0.05) is 36.9 Å². The molecule has 0 radical (unpaired) electrons. The van der Waals surface area contributed by atoms with Gasteiger partial charge in [0.2, 0.25) is 0 Å². The Hall–Kier alpha value is -0.870. The van der Waals surface area contributed by atoms with Gasteiger partial charge in [-0.1, -0.05) is 19.3 Å². The van der Waals surface area contributed by atoms with Crippen molar-refractivity contribution < 1.29 is 0 Å². The molecule has 4 nitrogen and oxygen atoms in total. The molecule has 1 fully saturated rings. The number of hydrogen-bond donors (Lipinski definition) is 1. The van der Waals surface area contributed by atoms with Crippen LogP contribution in [-0.2, 0) is 13.6 Å². The smallest absolute Gasteiger partial charge is 0.0641 e. The van der Waals surface area contributed by atoms with E-state index in [1.807, 2.05) is 11.7 Å². The van der Waals surface area contributed by atoms with Crippen LogP contribution in [0, 0.1) is 13.8 Å². The van der Waals surface area contributed by atoms with Gasteiger partial charge >= 0.3 is 0 Å². The van der Waals surface area contributed by atoms with Gasteiger partial charge in [-0.3, -0.25) is 4.68 Å². The molecule has 0 saturated heterocycles. The minimum absolute atomic E-state index is 0.349. The summed E-state index contributed by atoms with van der Waals surface area (Å²) in [6.07, 6.45) is 6.77. The van der Waals surface area contributed by atoms with Crippen molar-refractivity contribution in [2.24, 2.45) is 7.05 Å². The van der Waals surface area contributed by atoms with Crippen LogP contribution in [0.25, 0.3) is 0 Å². The quantitative estimate of drug-likeness (QED) is 0.898. The maximum Gasteiger partial charge on any atom is 0.0641 e. The monoisotopic (exact) mass is 278 g/mol. The molecule has 114 valence electrons. The van der Waals surface area contributed by atoms with E-state index in [2.05, 4.69) is 43.3 Å². The van der Waals surface area contributed by atoms with Gasteiger partial charge in [-0.05, 0) is 40.8 Å². The molecular formula is C16H30N4. The lowest BCUT2D eigenvalue weighted by atomic mass is 9.80. The SMILES string of the molecule is Cc1nn(C)c(C)c1CNCC1(N(C)C)CCCCC1. The zero-order chi connectivity index (χ0) is 14.8. The molecule has 1 N–H and O–H groups in total. The molecule has 0 amide bonds. The number of hydrogen-bond acceptors (Lipinski definition) is 3. The van der Waals surface area contributed by atoms with Crippen LogP contribution in [0.2, 0.25) is 0 Å². The molecule has 0 aliphatic heterocycles. The van der Waals surface area contributed by atoms with E-state index in [0.29, 0.717) is 5.54 Å². The molecule has 0 aromatic carbocycles. The molecule has 2 rings (SSSR count). The second-order valence-electron chi connectivity index (χ2n) is 6.56. The Morgan fingerprint density at radius 1 is 1.20 bits per heavy atom. The standard InChI is InChI=1S/C16H30N4/c1-13-15(14(2)20(5)18-13)11-17-12-16(19(3)4)9-7-6-8-10-16/h17H,6-12H2,1-5H3. The van der Waals surface area contributed by atoms with Crippen molar-refractivity contribution in [1.82, 2.24) is 20.0 Å². The molecular weight excluding hydrogens is 248 g/mol. The van der Waals surface area contributed by atoms with Crippen LogP contribution >= 0.6 is 0 Å². The highest BCUT2D eigenvalue weighted by Crippen LogP contribution is 2.31. The van der Waals surface area contributed by atoms with Crippen molar-refractivity contribution in [3.05, 3.63) is 17.0 Å². The maximum atomic E-state index is 4.49. The van der Waals surface area contributed by atoms with Crippen LogP contribution in [0.5, 0.6) is 0 Å². The van der Waals surface area contributed by atoms with Crippen LogP contribution in [0.4, 0.5) is 0 Å². The first-order valence-corrected chi connectivity index (χ1v) is 7.83. The Morgan fingerprint density at radius 3 is 2.35 bits per heavy atom. The van der Waals surface area contributed by atoms with Gasteiger partial charge < -0.3 is 10.2 Å². The predicted octanol–water partition coefficient (Wildman–Crippen LogP) is 2.39. The van der Waals surface area contributed by atoms with Gasteiger partial charge in [-0.25, -0.2) is 0 Å². The van der Waals surface area contributed by atoms with E-state index < -0.39 is 0 Å². The minimum Gasteiger partial charge on any atom is -0.311 e. The van der Waals surface area contributed by atoms with E-state index in [9.17, 15) is 0 Å². The van der Waals surface area contributed by atoms with Crippen molar-refractivity contribution >= 4 is 0 Å². The number of rotatable bonds is 5. The summed E-state index contributed by atoms with van der Waals surface area (Å²) >= 11 is 0. The number of aromatic nitrogens is 2. The first kappa shape index (κ1) is 15.5. The van der Waals surface area contributed by atoms with Gasteiger partial charge in [0.1, 0.15) is 0 Å². The number of nitrogens with zero attached hydrogens (tertiary/aromatic N) is 3. The largest absolute Gasteiger partial charge is 0.311 e. The molecule has 0 spiro atoms. The van der Waals surface area contributed by atoms with Crippen LogP contribution in [0.15, 0.2) is 0 Å². The summed E-state index contributed by atoms with van der Waals surface area (Å²) in [6.45, 7) is 6.26. The normalized spacial score (nSPS) is 18.7. The van der Waals surface area contributed by atoms with Gasteiger partial charge in [-0.15, -0.1) is 0 Å². The molecule has 1 aliphatic carbocycles. The van der Waals surface area contributed by atoms with Crippen molar-refractivity contribution in [3.8, 4) is 0 Å². The fourth-order valence-corrected chi connectivity index (χ4v) is 3.49. The fourth-order valence-electron chi connectivity index (χ4n) is 3.49. The highest BCUT2D eigenvalue weighted by Gasteiger charge is 2.33. The van der Waals surface area contributed by atoms with E-state index in [1.165, 1.54) is 43.4 Å². The minimum atomic E-state index is 0.349. The summed E-state index contributed by atoms with van der Waals surface area (Å²) in [6, 6.07) is 0. The second kappa shape index (κ2) is 6.27. The lowest BCUT2D eigenvalue weighted by Gasteiger charge is -2.43. The average molecular weight is 278 g/mol. The van der Waals surface area contributed by atoms with E-state index in [-0.39, 0.29) is 0 Å². The molecule has 0 atom stereocenters. The number of nitrogens with one attached hydrogen (secondary N) is 1. The van der Waals surface area contributed by atoms with E-state index >= 15 is 0 Å². The molecule has 1 aromatic rings. The van der Waals surface area contributed by atoms with E-state index in [1.54, 1.807) is 0 Å². The third-order valence-corrected chi connectivity index (χ3v) is 5.15. The Labute approximate surface area is 123 Å². The van der Waals surface area contributed by atoms with Gasteiger partial charge in [0.05, 0.1) is 5.69 Å². The van der Waals surface area contributed by atoms with E-state index in [4.69, 9.17) is 0 Å². The zero-order valence-corrected chi connectivity index (χ0v) is 13.8. The summed E-state index contributed by atoms with van der Waals surface area (Å²) < 4.78 is 1.98. The highest BCUT2D eigenvalue weighted by molar-refractivity contribution is 5.24. The molecule has 0 unspecified atom stereocenters. The third kappa shape index (κ3) is 3.07. The lowest BCUT2D eigenvalue weighted by molar-refractivity contribution is 0.0983. The van der Waals surface area contributed by atoms with Crippen LogP contribution in [0.1, 0.15) is 49.1 Å². The Balaban J connectivity index is 1.97. The summed E-state index contributed by atoms with van der Waals surface area (Å²) in [4.78, 5) is 2.43. The summed E-state index contributed by atoms with van der Waals surface area (Å²) in [5.41, 5.74) is 4.14. The number of aryl methyl sites for hydroxylation is 2. The lowest BCUT2D eigenvalue weighted by Crippen LogP contribution is -2.52. The highest BCUT2D eigenvalue weighted by atomic mass is 15.3. The van der Waals surface area contributed by atoms with Gasteiger partial charge in [0.15, 0.2) is 0 Å². The van der Waals surface area contributed by atoms with Crippen LogP contribution < -0.4 is 5.32 Å². The summed E-state index contributed by atoms with van der Waals surface area (Å²) in [5, 5.41) is 8.19. The molecule has 1 aliphatic rings. The second-order valence-corrected chi connectivity index (χ2v) is 6.56. The average Bonchev–Trinajstić information content (AvgIpc) is 2.66. The van der Waals surface area contributed by atoms with Crippen LogP contribution in [-0.4, -0.2) is 40.9 Å². The predicted molar refractivity (Wildman–Crippen MR) is 83.9 cm³/mol. The Bertz CT molecular complexity index is 442. The van der Waals surface area contributed by atoms with Crippen molar-refractivity contribution in [2.45, 2.75) is 58.0 Å².